The summed E-state index contributed by atoms with van der Waals surface area (Å²) in [5.41, 5.74) is 0.489. The van der Waals surface area contributed by atoms with Crippen LogP contribution in [-0.2, 0) is 9.53 Å². The molecule has 1 aliphatic heterocycles. The van der Waals surface area contributed by atoms with Crippen molar-refractivity contribution in [2.75, 3.05) is 20.8 Å². The van der Waals surface area contributed by atoms with Gasteiger partial charge in [-0.2, -0.15) is 0 Å². The Hall–Kier alpha value is -3.06. The first kappa shape index (κ1) is 24.1. The number of nitrogens with one attached hydrogen (secondary N) is 1. The van der Waals surface area contributed by atoms with Gasteiger partial charge in [-0.15, -0.1) is 0 Å². The summed E-state index contributed by atoms with van der Waals surface area (Å²) in [6.45, 7) is 4.27. The monoisotopic (exact) mass is 466 g/mol. The summed E-state index contributed by atoms with van der Waals surface area (Å²) in [5.74, 6) is 0.662. The maximum Gasteiger partial charge on any atom is 0.264 e. The van der Waals surface area contributed by atoms with E-state index in [2.05, 4.69) is 12.2 Å². The first-order valence-corrected chi connectivity index (χ1v) is 11.9. The van der Waals surface area contributed by atoms with Gasteiger partial charge in [0, 0.05) is 0 Å². The Morgan fingerprint density at radius 3 is 2.38 bits per heavy atom. The maximum atomic E-state index is 14.2. The quantitative estimate of drug-likeness (QED) is 0.686. The molecule has 0 aromatic heterocycles. The molecular formula is C27H34N2O5. The number of benzene rings is 2. The topological polar surface area (TPSA) is 77.1 Å². The number of nitrogens with zero attached hydrogens (tertiary/aromatic N) is 1. The largest absolute Gasteiger partial charge is 0.496 e. The van der Waals surface area contributed by atoms with Gasteiger partial charge in [0.2, 0.25) is 5.91 Å². The predicted molar refractivity (Wildman–Crippen MR) is 129 cm³/mol. The number of amides is 2. The molecule has 2 aliphatic rings. The minimum absolute atomic E-state index is 0.156. The molecule has 34 heavy (non-hydrogen) atoms. The Balaban J connectivity index is 1.70. The van der Waals surface area contributed by atoms with E-state index in [0.29, 0.717) is 35.8 Å². The molecule has 0 radical (unpaired) electrons. The van der Waals surface area contributed by atoms with Crippen molar-refractivity contribution in [3.05, 3.63) is 59.7 Å². The highest BCUT2D eigenvalue weighted by Gasteiger charge is 2.54. The summed E-state index contributed by atoms with van der Waals surface area (Å²) in [6, 6.07) is 14.1. The van der Waals surface area contributed by atoms with Gasteiger partial charge in [-0.1, -0.05) is 49.7 Å². The minimum Gasteiger partial charge on any atom is -0.496 e. The number of ether oxygens (including phenoxy) is 3. The first-order chi connectivity index (χ1) is 16.4. The SMILES string of the molecule is COc1cccc(OC)c1C(=O)N1C(C(=O)NC(C)c2ccccc2)COC12CCCC(C)C2. The van der Waals surface area contributed by atoms with Gasteiger partial charge in [0.1, 0.15) is 28.8 Å². The fraction of sp³-hybridized carbons (Fsp3) is 0.481. The molecule has 4 unspecified atom stereocenters. The number of carbonyl (C=O) groups is 2. The smallest absolute Gasteiger partial charge is 0.264 e. The van der Waals surface area contributed by atoms with E-state index in [9.17, 15) is 9.59 Å². The third-order valence-electron chi connectivity index (χ3n) is 7.01. The second-order valence-electron chi connectivity index (χ2n) is 9.33. The van der Waals surface area contributed by atoms with E-state index >= 15 is 0 Å². The molecule has 7 nitrogen and oxygen atoms in total. The summed E-state index contributed by atoms with van der Waals surface area (Å²) in [5, 5.41) is 3.09. The Morgan fingerprint density at radius 2 is 1.76 bits per heavy atom. The lowest BCUT2D eigenvalue weighted by Gasteiger charge is -2.43. The van der Waals surface area contributed by atoms with Gasteiger partial charge in [-0.05, 0) is 49.8 Å². The number of methoxy groups -OCH3 is 2. The highest BCUT2D eigenvalue weighted by atomic mass is 16.5. The number of rotatable bonds is 6. The van der Waals surface area contributed by atoms with Crippen molar-refractivity contribution in [2.24, 2.45) is 5.92 Å². The number of carbonyl (C=O) groups excluding carboxylic acids is 2. The second-order valence-corrected chi connectivity index (χ2v) is 9.33. The zero-order valence-corrected chi connectivity index (χ0v) is 20.4. The van der Waals surface area contributed by atoms with Gasteiger partial charge in [0.25, 0.3) is 5.91 Å². The highest BCUT2D eigenvalue weighted by Crippen LogP contribution is 2.45. The Bertz CT molecular complexity index is 1000. The van der Waals surface area contributed by atoms with Crippen molar-refractivity contribution in [1.29, 1.82) is 0 Å². The van der Waals surface area contributed by atoms with E-state index < -0.39 is 11.8 Å². The zero-order valence-electron chi connectivity index (χ0n) is 20.4. The average molecular weight is 467 g/mol. The van der Waals surface area contributed by atoms with Crippen molar-refractivity contribution >= 4 is 11.8 Å². The molecule has 4 rings (SSSR count). The van der Waals surface area contributed by atoms with Crippen molar-refractivity contribution in [1.82, 2.24) is 10.2 Å². The van der Waals surface area contributed by atoms with E-state index in [-0.39, 0.29) is 24.5 Å². The predicted octanol–water partition coefficient (Wildman–Crippen LogP) is 4.33. The molecule has 2 aromatic rings. The van der Waals surface area contributed by atoms with Gasteiger partial charge in [-0.25, -0.2) is 0 Å². The molecule has 7 heteroatoms. The van der Waals surface area contributed by atoms with Gasteiger partial charge < -0.3 is 19.5 Å². The maximum absolute atomic E-state index is 14.2. The lowest BCUT2D eigenvalue weighted by atomic mass is 9.82. The van der Waals surface area contributed by atoms with E-state index in [0.717, 1.165) is 18.4 Å². The molecule has 2 aromatic carbocycles. The minimum atomic E-state index is -0.821. The van der Waals surface area contributed by atoms with Crippen LogP contribution < -0.4 is 14.8 Å². The zero-order chi connectivity index (χ0) is 24.3. The Morgan fingerprint density at radius 1 is 1.09 bits per heavy atom. The van der Waals surface area contributed by atoms with Gasteiger partial charge in [0.05, 0.1) is 26.9 Å². The summed E-state index contributed by atoms with van der Waals surface area (Å²) in [7, 11) is 3.05. The van der Waals surface area contributed by atoms with Gasteiger partial charge >= 0.3 is 0 Å². The molecular weight excluding hydrogens is 432 g/mol. The first-order valence-electron chi connectivity index (χ1n) is 11.9. The van der Waals surface area contributed by atoms with Crippen LogP contribution in [0.2, 0.25) is 0 Å². The van der Waals surface area contributed by atoms with Gasteiger partial charge in [-0.3, -0.25) is 14.5 Å². The van der Waals surface area contributed by atoms with Crippen molar-refractivity contribution < 1.29 is 23.8 Å². The Kier molecular flexibility index (Phi) is 7.12. The van der Waals surface area contributed by atoms with E-state index in [4.69, 9.17) is 14.2 Å². The molecule has 1 N–H and O–H groups in total. The van der Waals surface area contributed by atoms with Crippen LogP contribution >= 0.6 is 0 Å². The van der Waals surface area contributed by atoms with Crippen LogP contribution in [0.4, 0.5) is 0 Å². The van der Waals surface area contributed by atoms with E-state index in [1.54, 1.807) is 23.1 Å². The fourth-order valence-corrected chi connectivity index (χ4v) is 5.32. The normalized spacial score (nSPS) is 25.1. The molecule has 1 heterocycles. The van der Waals surface area contributed by atoms with Gasteiger partial charge in [0.15, 0.2) is 0 Å². The second kappa shape index (κ2) is 10.1. The number of hydrogen-bond acceptors (Lipinski definition) is 5. The Labute approximate surface area is 201 Å². The van der Waals surface area contributed by atoms with Crippen LogP contribution in [0.15, 0.2) is 48.5 Å². The summed E-state index contributed by atoms with van der Waals surface area (Å²) < 4.78 is 17.4. The third kappa shape index (κ3) is 4.49. The van der Waals surface area contributed by atoms with Crippen LogP contribution in [0, 0.1) is 5.92 Å². The lowest BCUT2D eigenvalue weighted by Crippen LogP contribution is -2.57. The van der Waals surface area contributed by atoms with Crippen LogP contribution in [-0.4, -0.2) is 49.3 Å². The van der Waals surface area contributed by atoms with Crippen molar-refractivity contribution in [3.63, 3.8) is 0 Å². The molecule has 2 amide bonds. The molecule has 0 bridgehead atoms. The van der Waals surface area contributed by atoms with Crippen LogP contribution in [0.5, 0.6) is 11.5 Å². The summed E-state index contributed by atoms with van der Waals surface area (Å²) in [6.07, 6.45) is 3.39. The fourth-order valence-electron chi connectivity index (χ4n) is 5.32. The molecule has 4 atom stereocenters. The molecule has 1 saturated carbocycles. The van der Waals surface area contributed by atoms with Crippen molar-refractivity contribution in [3.8, 4) is 11.5 Å². The lowest BCUT2D eigenvalue weighted by molar-refractivity contribution is -0.129. The van der Waals surface area contributed by atoms with Crippen LogP contribution in [0.3, 0.4) is 0 Å². The molecule has 1 spiro atoms. The average Bonchev–Trinajstić information content (AvgIpc) is 3.21. The molecule has 1 aliphatic carbocycles. The van der Waals surface area contributed by atoms with Crippen LogP contribution in [0.1, 0.15) is 61.5 Å². The van der Waals surface area contributed by atoms with E-state index in [1.165, 1.54) is 14.2 Å². The molecule has 182 valence electrons. The summed E-state index contributed by atoms with van der Waals surface area (Å²) in [4.78, 5) is 29.4. The van der Waals surface area contributed by atoms with Crippen LogP contribution in [0.25, 0.3) is 0 Å². The van der Waals surface area contributed by atoms with Crippen molar-refractivity contribution in [2.45, 2.75) is 57.3 Å². The molecule has 1 saturated heterocycles. The standard InChI is InChI=1S/C27H34N2O5/c1-18-10-9-15-27(16-18)29(26(31)24-22(32-3)13-8-14-23(24)33-4)21(17-34-27)25(30)28-19(2)20-11-6-5-7-12-20/h5-8,11-14,18-19,21H,9-10,15-17H2,1-4H3,(H,28,30). The number of hydrogen-bond donors (Lipinski definition) is 1. The third-order valence-corrected chi connectivity index (χ3v) is 7.01. The van der Waals surface area contributed by atoms with E-state index in [1.807, 2.05) is 37.3 Å². The summed E-state index contributed by atoms with van der Waals surface area (Å²) >= 11 is 0. The molecule has 2 fully saturated rings. The highest BCUT2D eigenvalue weighted by molar-refractivity contribution is 6.02.